The molecule has 0 aliphatic heterocycles. The van der Waals surface area contributed by atoms with Crippen molar-refractivity contribution < 1.29 is 4.79 Å². The standard InChI is InChI=1S/C8H16N2O/c1-6-2-4-7(5-3-6)8(11)10-9/h6-7H,2-5,9H2,1H3,(H,10,11). The molecule has 0 bridgehead atoms. The van der Waals surface area contributed by atoms with Gasteiger partial charge >= 0.3 is 0 Å². The van der Waals surface area contributed by atoms with E-state index in [2.05, 4.69) is 12.3 Å². The number of rotatable bonds is 1. The van der Waals surface area contributed by atoms with Gasteiger partial charge in [0.1, 0.15) is 0 Å². The Labute approximate surface area is 67.3 Å². The summed E-state index contributed by atoms with van der Waals surface area (Å²) in [6, 6.07) is 0. The van der Waals surface area contributed by atoms with Crippen LogP contribution in [0.2, 0.25) is 0 Å². The van der Waals surface area contributed by atoms with E-state index < -0.39 is 0 Å². The molecule has 0 heterocycles. The first kappa shape index (κ1) is 8.53. The predicted molar refractivity (Wildman–Crippen MR) is 43.5 cm³/mol. The zero-order chi connectivity index (χ0) is 8.27. The summed E-state index contributed by atoms with van der Waals surface area (Å²) in [5, 5.41) is 0. The molecule has 3 N–H and O–H groups in total. The Morgan fingerprint density at radius 3 is 2.36 bits per heavy atom. The lowest BCUT2D eigenvalue weighted by Gasteiger charge is -2.24. The van der Waals surface area contributed by atoms with Crippen LogP contribution in [0.5, 0.6) is 0 Å². The highest BCUT2D eigenvalue weighted by Gasteiger charge is 2.23. The van der Waals surface area contributed by atoms with Crippen molar-refractivity contribution in [2.75, 3.05) is 0 Å². The molecule has 1 amide bonds. The SMILES string of the molecule is CC1CCC(C(=O)NN)CC1. The minimum absolute atomic E-state index is 0.0110. The molecule has 0 aromatic rings. The van der Waals surface area contributed by atoms with Gasteiger partial charge in [-0.3, -0.25) is 10.2 Å². The molecule has 1 rings (SSSR count). The molecule has 1 saturated carbocycles. The summed E-state index contributed by atoms with van der Waals surface area (Å²) in [6.45, 7) is 2.23. The lowest BCUT2D eigenvalue weighted by molar-refractivity contribution is -0.126. The van der Waals surface area contributed by atoms with Gasteiger partial charge in [0.15, 0.2) is 0 Å². The van der Waals surface area contributed by atoms with E-state index in [0.717, 1.165) is 31.6 Å². The zero-order valence-corrected chi connectivity index (χ0v) is 6.97. The van der Waals surface area contributed by atoms with Crippen LogP contribution in [-0.2, 0) is 4.79 Å². The number of hydrogen-bond donors (Lipinski definition) is 2. The molecule has 0 spiro atoms. The summed E-state index contributed by atoms with van der Waals surface area (Å²) in [5.74, 6) is 6.01. The fraction of sp³-hybridized carbons (Fsp3) is 0.875. The van der Waals surface area contributed by atoms with Gasteiger partial charge in [0.25, 0.3) is 0 Å². The lowest BCUT2D eigenvalue weighted by Crippen LogP contribution is -2.37. The van der Waals surface area contributed by atoms with Crippen LogP contribution in [-0.4, -0.2) is 5.91 Å². The molecule has 1 aliphatic rings. The third kappa shape index (κ3) is 2.19. The molecule has 11 heavy (non-hydrogen) atoms. The van der Waals surface area contributed by atoms with Gasteiger partial charge < -0.3 is 0 Å². The second kappa shape index (κ2) is 3.72. The van der Waals surface area contributed by atoms with E-state index >= 15 is 0 Å². The van der Waals surface area contributed by atoms with Crippen LogP contribution in [0, 0.1) is 11.8 Å². The van der Waals surface area contributed by atoms with Crippen LogP contribution in [0.25, 0.3) is 0 Å². The maximum atomic E-state index is 11.0. The number of nitrogens with one attached hydrogen (secondary N) is 1. The molecule has 0 radical (unpaired) electrons. The molecule has 0 aromatic carbocycles. The maximum Gasteiger partial charge on any atom is 0.236 e. The van der Waals surface area contributed by atoms with Gasteiger partial charge in [0.05, 0.1) is 0 Å². The Kier molecular flexibility index (Phi) is 2.88. The Hall–Kier alpha value is -0.570. The summed E-state index contributed by atoms with van der Waals surface area (Å²) >= 11 is 0. The van der Waals surface area contributed by atoms with E-state index in [-0.39, 0.29) is 11.8 Å². The summed E-state index contributed by atoms with van der Waals surface area (Å²) in [5.41, 5.74) is 2.21. The lowest BCUT2D eigenvalue weighted by atomic mass is 9.83. The zero-order valence-electron chi connectivity index (χ0n) is 6.97. The van der Waals surface area contributed by atoms with Gasteiger partial charge in [-0.05, 0) is 31.6 Å². The normalized spacial score (nSPS) is 31.5. The summed E-state index contributed by atoms with van der Waals surface area (Å²) in [7, 11) is 0. The van der Waals surface area contributed by atoms with E-state index in [1.54, 1.807) is 0 Å². The third-order valence-corrected chi connectivity index (χ3v) is 2.53. The van der Waals surface area contributed by atoms with Crippen molar-refractivity contribution in [1.82, 2.24) is 5.43 Å². The molecule has 0 aromatic heterocycles. The fourth-order valence-corrected chi connectivity index (χ4v) is 1.64. The van der Waals surface area contributed by atoms with Gasteiger partial charge in [-0.15, -0.1) is 0 Å². The van der Waals surface area contributed by atoms with E-state index in [4.69, 9.17) is 5.84 Å². The first-order valence-electron chi connectivity index (χ1n) is 4.24. The summed E-state index contributed by atoms with van der Waals surface area (Å²) in [4.78, 5) is 11.0. The minimum atomic E-state index is 0.0110. The third-order valence-electron chi connectivity index (χ3n) is 2.53. The topological polar surface area (TPSA) is 55.1 Å². The van der Waals surface area contributed by atoms with Crippen molar-refractivity contribution in [1.29, 1.82) is 0 Å². The van der Waals surface area contributed by atoms with Gasteiger partial charge in [-0.2, -0.15) is 0 Å². The number of amides is 1. The van der Waals surface area contributed by atoms with Gasteiger partial charge in [-0.25, -0.2) is 5.84 Å². The van der Waals surface area contributed by atoms with Crippen LogP contribution >= 0.6 is 0 Å². The average Bonchev–Trinajstić information content (AvgIpc) is 2.05. The molecule has 0 atom stereocenters. The fourth-order valence-electron chi connectivity index (χ4n) is 1.64. The molecule has 64 valence electrons. The summed E-state index contributed by atoms with van der Waals surface area (Å²) in [6.07, 6.45) is 4.34. The highest BCUT2D eigenvalue weighted by molar-refractivity contribution is 5.77. The van der Waals surface area contributed by atoms with Crippen LogP contribution in [0.3, 0.4) is 0 Å². The van der Waals surface area contributed by atoms with Gasteiger partial charge in [0.2, 0.25) is 5.91 Å². The second-order valence-corrected chi connectivity index (χ2v) is 3.47. The van der Waals surface area contributed by atoms with E-state index in [1.807, 2.05) is 0 Å². The second-order valence-electron chi connectivity index (χ2n) is 3.47. The minimum Gasteiger partial charge on any atom is -0.294 e. The first-order valence-corrected chi connectivity index (χ1v) is 4.24. The molecule has 1 fully saturated rings. The molecular formula is C8H16N2O. The monoisotopic (exact) mass is 156 g/mol. The number of hydrazine groups is 1. The molecule has 3 heteroatoms. The van der Waals surface area contributed by atoms with E-state index in [9.17, 15) is 4.79 Å². The van der Waals surface area contributed by atoms with E-state index in [0.29, 0.717) is 0 Å². The molecular weight excluding hydrogens is 140 g/mol. The first-order chi connectivity index (χ1) is 5.24. The quantitative estimate of drug-likeness (QED) is 0.335. The van der Waals surface area contributed by atoms with Crippen molar-refractivity contribution in [2.45, 2.75) is 32.6 Å². The molecule has 0 saturated heterocycles. The van der Waals surface area contributed by atoms with Crippen molar-refractivity contribution in [2.24, 2.45) is 17.7 Å². The smallest absolute Gasteiger partial charge is 0.236 e. The van der Waals surface area contributed by atoms with Crippen LogP contribution in [0.15, 0.2) is 0 Å². The predicted octanol–water partition coefficient (Wildman–Crippen LogP) is 0.803. The highest BCUT2D eigenvalue weighted by Crippen LogP contribution is 2.27. The van der Waals surface area contributed by atoms with Crippen LogP contribution in [0.4, 0.5) is 0 Å². The van der Waals surface area contributed by atoms with Gasteiger partial charge in [0, 0.05) is 5.92 Å². The Morgan fingerprint density at radius 1 is 1.36 bits per heavy atom. The van der Waals surface area contributed by atoms with E-state index in [1.165, 1.54) is 0 Å². The van der Waals surface area contributed by atoms with Crippen molar-refractivity contribution in [3.05, 3.63) is 0 Å². The van der Waals surface area contributed by atoms with Crippen molar-refractivity contribution in [3.63, 3.8) is 0 Å². The average molecular weight is 156 g/mol. The summed E-state index contributed by atoms with van der Waals surface area (Å²) < 4.78 is 0. The Balaban J connectivity index is 2.33. The van der Waals surface area contributed by atoms with Gasteiger partial charge in [-0.1, -0.05) is 6.92 Å². The maximum absolute atomic E-state index is 11.0. The highest BCUT2D eigenvalue weighted by atomic mass is 16.2. The Morgan fingerprint density at radius 2 is 1.91 bits per heavy atom. The molecule has 1 aliphatic carbocycles. The Bertz CT molecular complexity index is 139. The molecule has 0 unspecified atom stereocenters. The van der Waals surface area contributed by atoms with Crippen LogP contribution in [0.1, 0.15) is 32.6 Å². The molecule has 3 nitrogen and oxygen atoms in total. The van der Waals surface area contributed by atoms with Crippen molar-refractivity contribution >= 4 is 5.91 Å². The number of nitrogens with two attached hydrogens (primary N) is 1. The number of carbonyl (C=O) groups excluding carboxylic acids is 1. The van der Waals surface area contributed by atoms with Crippen molar-refractivity contribution in [3.8, 4) is 0 Å². The number of carbonyl (C=O) groups is 1. The largest absolute Gasteiger partial charge is 0.294 e. The van der Waals surface area contributed by atoms with Crippen LogP contribution < -0.4 is 11.3 Å². The number of hydrogen-bond acceptors (Lipinski definition) is 2.